The van der Waals surface area contributed by atoms with Gasteiger partial charge in [-0.25, -0.2) is 0 Å². The van der Waals surface area contributed by atoms with Gasteiger partial charge in [-0.3, -0.25) is 0 Å². The van der Waals surface area contributed by atoms with Gasteiger partial charge in [-0.15, -0.1) is 10.2 Å². The van der Waals surface area contributed by atoms with E-state index in [1.54, 1.807) is 0 Å². The molecule has 1 heterocycles. The third-order valence-corrected chi connectivity index (χ3v) is 2.29. The fourth-order valence-electron chi connectivity index (χ4n) is 1.43. The summed E-state index contributed by atoms with van der Waals surface area (Å²) in [6.45, 7) is 10.5. The van der Waals surface area contributed by atoms with Gasteiger partial charge in [-0.05, 0) is 12.8 Å². The number of unbranched alkanes of at least 4 members (excludes halogenated alkanes) is 1. The molecule has 3 nitrogen and oxygen atoms in total. The van der Waals surface area contributed by atoms with Crippen molar-refractivity contribution < 1.29 is 4.42 Å². The van der Waals surface area contributed by atoms with Gasteiger partial charge in [0.15, 0.2) is 0 Å². The summed E-state index contributed by atoms with van der Waals surface area (Å²) in [4.78, 5) is 0. The lowest BCUT2D eigenvalue weighted by molar-refractivity contribution is 0.402. The van der Waals surface area contributed by atoms with Gasteiger partial charge in [-0.1, -0.05) is 47.0 Å². The maximum Gasteiger partial charge on any atom is 0.219 e. The minimum absolute atomic E-state index is 0.459. The predicted molar refractivity (Wildman–Crippen MR) is 67.6 cm³/mol. The van der Waals surface area contributed by atoms with Crippen LogP contribution in [0.25, 0.3) is 0 Å². The Kier molecular flexibility index (Phi) is 8.87. The van der Waals surface area contributed by atoms with E-state index in [0.29, 0.717) is 11.8 Å². The van der Waals surface area contributed by atoms with Crippen LogP contribution in [0, 0.1) is 6.92 Å². The predicted octanol–water partition coefficient (Wildman–Crippen LogP) is 4.48. The minimum Gasteiger partial charge on any atom is -0.425 e. The van der Waals surface area contributed by atoms with Gasteiger partial charge in [0.1, 0.15) is 0 Å². The smallest absolute Gasteiger partial charge is 0.219 e. The Morgan fingerprint density at radius 2 is 1.75 bits per heavy atom. The molecule has 0 amide bonds. The molecular weight excluding hydrogens is 200 g/mol. The lowest BCUT2D eigenvalue weighted by atomic mass is 10.00. The topological polar surface area (TPSA) is 38.9 Å². The molecule has 0 aliphatic carbocycles. The van der Waals surface area contributed by atoms with Gasteiger partial charge >= 0.3 is 0 Å². The Morgan fingerprint density at radius 3 is 2.12 bits per heavy atom. The van der Waals surface area contributed by atoms with E-state index in [0.717, 1.165) is 18.7 Å². The largest absolute Gasteiger partial charge is 0.425 e. The first-order valence-corrected chi connectivity index (χ1v) is 6.49. The number of aromatic nitrogens is 2. The Bertz CT molecular complexity index is 258. The number of nitrogens with zero attached hydrogens (tertiary/aromatic N) is 2. The summed E-state index contributed by atoms with van der Waals surface area (Å²) >= 11 is 0. The molecule has 0 aliphatic heterocycles. The minimum atomic E-state index is 0.459. The Balaban J connectivity index is 0.000000673. The molecule has 1 unspecified atom stereocenters. The van der Waals surface area contributed by atoms with Crippen LogP contribution in [0.2, 0.25) is 0 Å². The van der Waals surface area contributed by atoms with Crippen molar-refractivity contribution in [1.82, 2.24) is 10.2 Å². The van der Waals surface area contributed by atoms with Gasteiger partial charge < -0.3 is 4.42 Å². The molecule has 1 aromatic heterocycles. The van der Waals surface area contributed by atoms with Crippen LogP contribution in [0.1, 0.15) is 77.5 Å². The Hall–Kier alpha value is -0.860. The second kappa shape index (κ2) is 9.37. The van der Waals surface area contributed by atoms with Crippen LogP contribution in [0.15, 0.2) is 4.42 Å². The molecule has 1 rings (SSSR count). The molecule has 0 N–H and O–H groups in total. The second-order valence-electron chi connectivity index (χ2n) is 4.11. The summed E-state index contributed by atoms with van der Waals surface area (Å²) in [5, 5.41) is 7.90. The van der Waals surface area contributed by atoms with Gasteiger partial charge in [-0.2, -0.15) is 0 Å². The third kappa shape index (κ3) is 5.89. The maximum absolute atomic E-state index is 5.41. The second-order valence-corrected chi connectivity index (χ2v) is 4.11. The lowest BCUT2D eigenvalue weighted by Crippen LogP contribution is -1.97. The van der Waals surface area contributed by atoms with Crippen molar-refractivity contribution in [1.29, 1.82) is 0 Å². The first-order chi connectivity index (χ1) is 7.69. The zero-order valence-electron chi connectivity index (χ0n) is 11.4. The van der Waals surface area contributed by atoms with E-state index in [2.05, 4.69) is 37.9 Å². The van der Waals surface area contributed by atoms with Crippen LogP contribution in [0.4, 0.5) is 0 Å². The molecule has 0 radical (unpaired) electrons. The van der Waals surface area contributed by atoms with E-state index in [1.807, 2.05) is 6.92 Å². The summed E-state index contributed by atoms with van der Waals surface area (Å²) in [7, 11) is 0. The average molecular weight is 226 g/mol. The quantitative estimate of drug-likeness (QED) is 0.743. The maximum atomic E-state index is 5.41. The molecule has 0 aliphatic rings. The molecule has 16 heavy (non-hydrogen) atoms. The third-order valence-electron chi connectivity index (χ3n) is 2.29. The van der Waals surface area contributed by atoms with Crippen molar-refractivity contribution in [3.8, 4) is 0 Å². The number of hydrogen-bond acceptors (Lipinski definition) is 3. The SMILES string of the molecule is CCC.CCCCC(CC)c1nnc(C)o1. The fraction of sp³-hybridized carbons (Fsp3) is 0.846. The van der Waals surface area contributed by atoms with Crippen molar-refractivity contribution in [2.24, 2.45) is 0 Å². The highest BCUT2D eigenvalue weighted by Gasteiger charge is 2.14. The van der Waals surface area contributed by atoms with Crippen molar-refractivity contribution in [3.05, 3.63) is 11.8 Å². The van der Waals surface area contributed by atoms with E-state index in [1.165, 1.54) is 19.3 Å². The van der Waals surface area contributed by atoms with Crippen molar-refractivity contribution in [2.75, 3.05) is 0 Å². The first kappa shape index (κ1) is 15.1. The van der Waals surface area contributed by atoms with Crippen LogP contribution in [-0.2, 0) is 0 Å². The molecule has 1 aromatic rings. The van der Waals surface area contributed by atoms with E-state index >= 15 is 0 Å². The van der Waals surface area contributed by atoms with Gasteiger partial charge in [0.2, 0.25) is 11.8 Å². The van der Waals surface area contributed by atoms with Crippen molar-refractivity contribution in [3.63, 3.8) is 0 Å². The standard InChI is InChI=1S/C10H18N2O.C3H8/c1-4-6-7-9(5-2)10-12-11-8(3)13-10;1-3-2/h9H,4-7H2,1-3H3;3H2,1-2H3. The van der Waals surface area contributed by atoms with Crippen molar-refractivity contribution in [2.45, 2.75) is 72.6 Å². The molecule has 3 heteroatoms. The summed E-state index contributed by atoms with van der Waals surface area (Å²) in [5.74, 6) is 1.94. The molecule has 0 saturated carbocycles. The summed E-state index contributed by atoms with van der Waals surface area (Å²) in [5.41, 5.74) is 0. The zero-order valence-corrected chi connectivity index (χ0v) is 11.4. The monoisotopic (exact) mass is 226 g/mol. The van der Waals surface area contributed by atoms with Gasteiger partial charge in [0.25, 0.3) is 0 Å². The number of rotatable bonds is 5. The van der Waals surface area contributed by atoms with E-state index in [9.17, 15) is 0 Å². The normalized spacial score (nSPS) is 11.8. The molecule has 1 atom stereocenters. The van der Waals surface area contributed by atoms with Crippen molar-refractivity contribution >= 4 is 0 Å². The highest BCUT2D eigenvalue weighted by molar-refractivity contribution is 4.89. The molecular formula is C13H26N2O. The Morgan fingerprint density at radius 1 is 1.12 bits per heavy atom. The highest BCUT2D eigenvalue weighted by atomic mass is 16.4. The summed E-state index contributed by atoms with van der Waals surface area (Å²) in [6, 6.07) is 0. The molecule has 0 bridgehead atoms. The molecule has 94 valence electrons. The van der Waals surface area contributed by atoms with Crippen LogP contribution in [-0.4, -0.2) is 10.2 Å². The van der Waals surface area contributed by atoms with Crippen LogP contribution in [0.5, 0.6) is 0 Å². The molecule has 0 aromatic carbocycles. The zero-order chi connectivity index (χ0) is 12.4. The van der Waals surface area contributed by atoms with Gasteiger partial charge in [0.05, 0.1) is 0 Å². The van der Waals surface area contributed by atoms with E-state index in [-0.39, 0.29) is 0 Å². The van der Waals surface area contributed by atoms with E-state index in [4.69, 9.17) is 4.42 Å². The number of aryl methyl sites for hydroxylation is 1. The van der Waals surface area contributed by atoms with Crippen LogP contribution >= 0.6 is 0 Å². The van der Waals surface area contributed by atoms with Crippen LogP contribution < -0.4 is 0 Å². The fourth-order valence-corrected chi connectivity index (χ4v) is 1.43. The van der Waals surface area contributed by atoms with E-state index < -0.39 is 0 Å². The van der Waals surface area contributed by atoms with Gasteiger partial charge in [0, 0.05) is 12.8 Å². The Labute approximate surface area is 99.7 Å². The summed E-state index contributed by atoms with van der Waals surface area (Å²) < 4.78 is 5.41. The lowest BCUT2D eigenvalue weighted by Gasteiger charge is -2.08. The summed E-state index contributed by atoms with van der Waals surface area (Å²) in [6.07, 6.45) is 5.96. The average Bonchev–Trinajstić information content (AvgIpc) is 2.67. The number of hydrogen-bond donors (Lipinski definition) is 0. The highest BCUT2D eigenvalue weighted by Crippen LogP contribution is 2.23. The molecule has 0 saturated heterocycles. The molecule has 0 spiro atoms. The van der Waals surface area contributed by atoms with Crippen LogP contribution in [0.3, 0.4) is 0 Å². The first-order valence-electron chi connectivity index (χ1n) is 6.49. The molecule has 0 fully saturated rings.